The smallest absolute Gasteiger partial charge is 0.126 e. The highest BCUT2D eigenvalue weighted by Crippen LogP contribution is 2.29. The van der Waals surface area contributed by atoms with E-state index in [4.69, 9.17) is 11.1 Å². The molecule has 2 rings (SSSR count). The Bertz CT molecular complexity index is 409. The largest absolute Gasteiger partial charge is 0.384 e. The van der Waals surface area contributed by atoms with Gasteiger partial charge in [0.05, 0.1) is 5.56 Å². The first-order valence-corrected chi connectivity index (χ1v) is 6.87. The molecule has 0 unspecified atom stereocenters. The highest BCUT2D eigenvalue weighted by atomic mass is 79.9. The van der Waals surface area contributed by atoms with Crippen molar-refractivity contribution in [1.29, 1.82) is 5.41 Å². The summed E-state index contributed by atoms with van der Waals surface area (Å²) < 4.78 is 0.909. The molecule has 1 aliphatic rings. The molecular formula is C13H18BrN3. The molecule has 17 heavy (non-hydrogen) atoms. The molecule has 0 radical (unpaired) electrons. The Morgan fingerprint density at radius 1 is 1.18 bits per heavy atom. The summed E-state index contributed by atoms with van der Waals surface area (Å²) >= 11 is 3.49. The summed E-state index contributed by atoms with van der Waals surface area (Å²) in [5, 5.41) is 7.71. The number of rotatable bonds is 2. The average molecular weight is 296 g/mol. The maximum absolute atomic E-state index is 7.71. The van der Waals surface area contributed by atoms with Gasteiger partial charge in [-0.1, -0.05) is 18.9 Å². The van der Waals surface area contributed by atoms with E-state index in [1.807, 2.05) is 12.1 Å². The van der Waals surface area contributed by atoms with Crippen LogP contribution in [0.15, 0.2) is 22.7 Å². The molecule has 1 saturated heterocycles. The van der Waals surface area contributed by atoms with Crippen LogP contribution < -0.4 is 10.6 Å². The van der Waals surface area contributed by atoms with Crippen LogP contribution in [-0.4, -0.2) is 18.9 Å². The number of benzene rings is 1. The van der Waals surface area contributed by atoms with Crippen molar-refractivity contribution in [1.82, 2.24) is 0 Å². The highest BCUT2D eigenvalue weighted by molar-refractivity contribution is 9.10. The molecule has 1 aromatic carbocycles. The molecule has 1 fully saturated rings. The first-order chi connectivity index (χ1) is 8.20. The van der Waals surface area contributed by atoms with E-state index in [2.05, 4.69) is 26.9 Å². The Hall–Kier alpha value is -1.03. The Labute approximate surface area is 111 Å². The fourth-order valence-electron chi connectivity index (χ4n) is 2.35. The zero-order valence-electron chi connectivity index (χ0n) is 9.88. The van der Waals surface area contributed by atoms with Crippen LogP contribution in [0.4, 0.5) is 5.69 Å². The molecule has 92 valence electrons. The van der Waals surface area contributed by atoms with Gasteiger partial charge in [0, 0.05) is 23.2 Å². The normalized spacial score (nSPS) is 16.6. The number of nitrogens with zero attached hydrogens (tertiary/aromatic N) is 1. The van der Waals surface area contributed by atoms with Crippen molar-refractivity contribution in [2.24, 2.45) is 5.73 Å². The van der Waals surface area contributed by atoms with Gasteiger partial charge < -0.3 is 10.6 Å². The molecule has 0 aliphatic carbocycles. The summed E-state index contributed by atoms with van der Waals surface area (Å²) in [5.41, 5.74) is 7.61. The number of anilines is 1. The van der Waals surface area contributed by atoms with E-state index in [0.717, 1.165) is 28.8 Å². The van der Waals surface area contributed by atoms with Gasteiger partial charge in [0.15, 0.2) is 0 Å². The number of nitrogens with one attached hydrogen (secondary N) is 1. The lowest BCUT2D eigenvalue weighted by molar-refractivity contribution is 0.726. The number of amidine groups is 1. The number of hydrogen-bond acceptors (Lipinski definition) is 2. The standard InChI is InChI=1S/C13H18BrN3/c14-10-6-5-7-11(12(10)13(15)16)17-8-3-1-2-4-9-17/h5-7H,1-4,8-9H2,(H3,15,16). The zero-order chi connectivity index (χ0) is 12.3. The Balaban J connectivity index is 2.36. The molecular weight excluding hydrogens is 278 g/mol. The second-order valence-electron chi connectivity index (χ2n) is 4.45. The van der Waals surface area contributed by atoms with Crippen LogP contribution in [0.1, 0.15) is 31.2 Å². The summed E-state index contributed by atoms with van der Waals surface area (Å²) in [6.07, 6.45) is 5.06. The molecule has 1 aromatic rings. The van der Waals surface area contributed by atoms with Crippen LogP contribution in [0.5, 0.6) is 0 Å². The van der Waals surface area contributed by atoms with Crippen molar-refractivity contribution in [2.75, 3.05) is 18.0 Å². The summed E-state index contributed by atoms with van der Waals surface area (Å²) in [6.45, 7) is 2.13. The van der Waals surface area contributed by atoms with Crippen LogP contribution >= 0.6 is 15.9 Å². The molecule has 4 heteroatoms. The lowest BCUT2D eigenvalue weighted by Crippen LogP contribution is -2.27. The predicted octanol–water partition coefficient (Wildman–Crippen LogP) is 3.11. The maximum atomic E-state index is 7.71. The topological polar surface area (TPSA) is 53.1 Å². The number of nitrogens with two attached hydrogens (primary N) is 1. The maximum Gasteiger partial charge on any atom is 0.126 e. The van der Waals surface area contributed by atoms with Gasteiger partial charge in [0.1, 0.15) is 5.84 Å². The minimum atomic E-state index is 0.136. The number of hydrogen-bond donors (Lipinski definition) is 2. The summed E-state index contributed by atoms with van der Waals surface area (Å²) in [6, 6.07) is 6.02. The summed E-state index contributed by atoms with van der Waals surface area (Å²) in [5.74, 6) is 0.136. The molecule has 0 saturated carbocycles. The lowest BCUT2D eigenvalue weighted by Gasteiger charge is -2.25. The molecule has 0 aromatic heterocycles. The third kappa shape index (κ3) is 2.80. The quantitative estimate of drug-likeness (QED) is 0.651. The lowest BCUT2D eigenvalue weighted by atomic mass is 10.1. The SMILES string of the molecule is N=C(N)c1c(Br)cccc1N1CCCCCC1. The minimum Gasteiger partial charge on any atom is -0.384 e. The number of nitrogen functional groups attached to an aromatic ring is 1. The van der Waals surface area contributed by atoms with Gasteiger partial charge in [-0.3, -0.25) is 5.41 Å². The molecule has 3 nitrogen and oxygen atoms in total. The van der Waals surface area contributed by atoms with Gasteiger partial charge in [-0.2, -0.15) is 0 Å². The molecule has 1 aliphatic heterocycles. The van der Waals surface area contributed by atoms with E-state index in [9.17, 15) is 0 Å². The Kier molecular flexibility index (Phi) is 4.05. The molecule has 1 heterocycles. The fourth-order valence-corrected chi connectivity index (χ4v) is 2.92. The predicted molar refractivity (Wildman–Crippen MR) is 75.8 cm³/mol. The third-order valence-corrected chi connectivity index (χ3v) is 3.87. The van der Waals surface area contributed by atoms with Gasteiger partial charge in [-0.15, -0.1) is 0 Å². The minimum absolute atomic E-state index is 0.136. The van der Waals surface area contributed by atoms with Crippen molar-refractivity contribution >= 4 is 27.5 Å². The Morgan fingerprint density at radius 3 is 2.41 bits per heavy atom. The molecule has 0 bridgehead atoms. The summed E-state index contributed by atoms with van der Waals surface area (Å²) in [7, 11) is 0. The van der Waals surface area contributed by atoms with Gasteiger partial charge in [0.2, 0.25) is 0 Å². The van der Waals surface area contributed by atoms with Crippen LogP contribution in [-0.2, 0) is 0 Å². The van der Waals surface area contributed by atoms with E-state index in [0.29, 0.717) is 0 Å². The van der Waals surface area contributed by atoms with Gasteiger partial charge in [0.25, 0.3) is 0 Å². The zero-order valence-corrected chi connectivity index (χ0v) is 11.5. The van der Waals surface area contributed by atoms with E-state index >= 15 is 0 Å². The van der Waals surface area contributed by atoms with Gasteiger partial charge >= 0.3 is 0 Å². The van der Waals surface area contributed by atoms with Crippen LogP contribution in [0.3, 0.4) is 0 Å². The number of halogens is 1. The van der Waals surface area contributed by atoms with Crippen LogP contribution in [0, 0.1) is 5.41 Å². The monoisotopic (exact) mass is 295 g/mol. The van der Waals surface area contributed by atoms with Crippen molar-refractivity contribution in [2.45, 2.75) is 25.7 Å². The third-order valence-electron chi connectivity index (χ3n) is 3.21. The Morgan fingerprint density at radius 2 is 1.82 bits per heavy atom. The van der Waals surface area contributed by atoms with Crippen molar-refractivity contribution in [3.63, 3.8) is 0 Å². The highest BCUT2D eigenvalue weighted by Gasteiger charge is 2.16. The van der Waals surface area contributed by atoms with Crippen molar-refractivity contribution < 1.29 is 0 Å². The first kappa shape index (κ1) is 12.4. The second kappa shape index (κ2) is 5.54. The molecule has 0 spiro atoms. The van der Waals surface area contributed by atoms with Gasteiger partial charge in [-0.05, 0) is 40.9 Å². The molecule has 3 N–H and O–H groups in total. The van der Waals surface area contributed by atoms with E-state index in [1.165, 1.54) is 25.7 Å². The van der Waals surface area contributed by atoms with E-state index in [-0.39, 0.29) is 5.84 Å². The first-order valence-electron chi connectivity index (χ1n) is 6.08. The van der Waals surface area contributed by atoms with Gasteiger partial charge in [-0.25, -0.2) is 0 Å². The fraction of sp³-hybridized carbons (Fsp3) is 0.462. The average Bonchev–Trinajstić information content (AvgIpc) is 2.56. The van der Waals surface area contributed by atoms with Crippen LogP contribution in [0.2, 0.25) is 0 Å². The molecule has 0 atom stereocenters. The second-order valence-corrected chi connectivity index (χ2v) is 5.30. The van der Waals surface area contributed by atoms with Crippen molar-refractivity contribution in [3.05, 3.63) is 28.2 Å². The van der Waals surface area contributed by atoms with E-state index in [1.54, 1.807) is 0 Å². The van der Waals surface area contributed by atoms with Crippen LogP contribution in [0.25, 0.3) is 0 Å². The molecule has 0 amide bonds. The summed E-state index contributed by atoms with van der Waals surface area (Å²) in [4.78, 5) is 2.36. The van der Waals surface area contributed by atoms with E-state index < -0.39 is 0 Å². The van der Waals surface area contributed by atoms with Crippen molar-refractivity contribution in [3.8, 4) is 0 Å².